The van der Waals surface area contributed by atoms with Gasteiger partial charge in [-0.15, -0.1) is 0 Å². The SMILES string of the molecule is CCOc1ccc(C(=O)Nc2cc(C(CC)CC(=O)O)ccc2N(CC(C)C)C2CCCCC2)cc1. The average molecular weight is 495 g/mol. The zero-order valence-corrected chi connectivity index (χ0v) is 22.3. The van der Waals surface area contributed by atoms with E-state index in [2.05, 4.69) is 36.2 Å². The number of ether oxygens (including phenoxy) is 1. The Kier molecular flexibility index (Phi) is 10.2. The van der Waals surface area contributed by atoms with Crippen LogP contribution in [0.15, 0.2) is 42.5 Å². The maximum atomic E-state index is 13.3. The van der Waals surface area contributed by atoms with Crippen molar-refractivity contribution in [2.45, 2.75) is 84.6 Å². The molecule has 0 heterocycles. The summed E-state index contributed by atoms with van der Waals surface area (Å²) in [6.45, 7) is 9.86. The first-order valence-corrected chi connectivity index (χ1v) is 13.5. The first kappa shape index (κ1) is 27.6. The van der Waals surface area contributed by atoms with E-state index in [-0.39, 0.29) is 18.2 Å². The van der Waals surface area contributed by atoms with Crippen LogP contribution in [0.1, 0.15) is 94.5 Å². The number of aliphatic carboxylic acids is 1. The summed E-state index contributed by atoms with van der Waals surface area (Å²) in [6, 6.07) is 13.7. The van der Waals surface area contributed by atoms with Crippen LogP contribution in [-0.4, -0.2) is 36.2 Å². The van der Waals surface area contributed by atoms with Gasteiger partial charge in [0, 0.05) is 18.2 Å². The van der Waals surface area contributed by atoms with E-state index in [1.165, 1.54) is 19.3 Å². The number of hydrogen-bond donors (Lipinski definition) is 2. The van der Waals surface area contributed by atoms with Crippen LogP contribution in [0.4, 0.5) is 11.4 Å². The Balaban J connectivity index is 1.99. The minimum atomic E-state index is -0.811. The molecule has 6 heteroatoms. The summed E-state index contributed by atoms with van der Waals surface area (Å²) >= 11 is 0. The summed E-state index contributed by atoms with van der Waals surface area (Å²) in [5.74, 6) is 0.101. The van der Waals surface area contributed by atoms with Crippen LogP contribution < -0.4 is 15.0 Å². The van der Waals surface area contributed by atoms with Gasteiger partial charge in [0.1, 0.15) is 5.75 Å². The average Bonchev–Trinajstić information content (AvgIpc) is 2.87. The van der Waals surface area contributed by atoms with E-state index in [0.717, 1.165) is 48.5 Å². The van der Waals surface area contributed by atoms with Crippen LogP contribution in [0.25, 0.3) is 0 Å². The molecule has 2 N–H and O–H groups in total. The third-order valence-corrected chi connectivity index (χ3v) is 6.97. The highest BCUT2D eigenvalue weighted by atomic mass is 16.5. The highest BCUT2D eigenvalue weighted by molar-refractivity contribution is 6.06. The van der Waals surface area contributed by atoms with E-state index < -0.39 is 5.97 Å². The largest absolute Gasteiger partial charge is 0.494 e. The Morgan fingerprint density at radius 1 is 1.06 bits per heavy atom. The maximum Gasteiger partial charge on any atom is 0.303 e. The third-order valence-electron chi connectivity index (χ3n) is 6.97. The van der Waals surface area contributed by atoms with Crippen LogP contribution in [0.3, 0.4) is 0 Å². The van der Waals surface area contributed by atoms with E-state index in [1.807, 2.05) is 32.0 Å². The number of amides is 1. The molecule has 6 nitrogen and oxygen atoms in total. The lowest BCUT2D eigenvalue weighted by Crippen LogP contribution is -2.40. The maximum absolute atomic E-state index is 13.3. The van der Waals surface area contributed by atoms with Crippen molar-refractivity contribution in [3.63, 3.8) is 0 Å². The van der Waals surface area contributed by atoms with Gasteiger partial charge in [-0.2, -0.15) is 0 Å². The van der Waals surface area contributed by atoms with E-state index >= 15 is 0 Å². The predicted octanol–water partition coefficient (Wildman–Crippen LogP) is 7.10. The number of anilines is 2. The van der Waals surface area contributed by atoms with Crippen molar-refractivity contribution in [2.24, 2.45) is 5.92 Å². The quantitative estimate of drug-likeness (QED) is 0.329. The lowest BCUT2D eigenvalue weighted by atomic mass is 9.90. The van der Waals surface area contributed by atoms with Crippen molar-refractivity contribution in [3.8, 4) is 5.75 Å². The van der Waals surface area contributed by atoms with Crippen LogP contribution >= 0.6 is 0 Å². The molecule has 3 rings (SSSR count). The fourth-order valence-corrected chi connectivity index (χ4v) is 5.16. The summed E-state index contributed by atoms with van der Waals surface area (Å²) in [6.07, 6.45) is 6.81. The van der Waals surface area contributed by atoms with Crippen LogP contribution in [-0.2, 0) is 4.79 Å². The first-order chi connectivity index (χ1) is 17.3. The van der Waals surface area contributed by atoms with Gasteiger partial charge in [0.2, 0.25) is 0 Å². The summed E-state index contributed by atoms with van der Waals surface area (Å²) in [5.41, 5.74) is 3.27. The second-order valence-corrected chi connectivity index (χ2v) is 10.2. The Hall–Kier alpha value is -3.02. The zero-order valence-electron chi connectivity index (χ0n) is 22.3. The number of carboxylic acid groups (broad SMARTS) is 1. The van der Waals surface area contributed by atoms with Gasteiger partial charge in [0.15, 0.2) is 0 Å². The predicted molar refractivity (Wildman–Crippen MR) is 146 cm³/mol. The van der Waals surface area contributed by atoms with Crippen LogP contribution in [0.5, 0.6) is 5.75 Å². The molecule has 0 aromatic heterocycles. The molecule has 2 aromatic carbocycles. The van der Waals surface area contributed by atoms with Gasteiger partial charge in [-0.25, -0.2) is 0 Å². The summed E-state index contributed by atoms with van der Waals surface area (Å²) < 4.78 is 5.51. The Bertz CT molecular complexity index is 997. The molecule has 0 radical (unpaired) electrons. The normalized spacial score (nSPS) is 14.9. The topological polar surface area (TPSA) is 78.9 Å². The standard InChI is InChI=1S/C30H42N2O4/c1-5-22(19-29(33)34)24-14-17-28(32(20-21(3)4)25-10-8-7-9-11-25)27(18-24)31-30(35)23-12-15-26(16-13-23)36-6-2/h12-18,21-22,25H,5-11,19-20H2,1-4H3,(H,31,35)(H,33,34). The lowest BCUT2D eigenvalue weighted by molar-refractivity contribution is -0.137. The van der Waals surface area contributed by atoms with Crippen molar-refractivity contribution in [3.05, 3.63) is 53.6 Å². The molecule has 0 bridgehead atoms. The summed E-state index contributed by atoms with van der Waals surface area (Å²) in [5, 5.41) is 12.6. The molecule has 2 aromatic rings. The van der Waals surface area contributed by atoms with Crippen molar-refractivity contribution in [1.29, 1.82) is 0 Å². The van der Waals surface area contributed by atoms with Gasteiger partial charge >= 0.3 is 5.97 Å². The number of carbonyl (C=O) groups is 2. The molecule has 1 amide bonds. The number of carbonyl (C=O) groups excluding carboxylic acids is 1. The molecule has 0 aliphatic heterocycles. The highest BCUT2D eigenvalue weighted by Gasteiger charge is 2.26. The van der Waals surface area contributed by atoms with Crippen molar-refractivity contribution >= 4 is 23.3 Å². The number of rotatable bonds is 12. The highest BCUT2D eigenvalue weighted by Crippen LogP contribution is 2.37. The summed E-state index contributed by atoms with van der Waals surface area (Å²) in [7, 11) is 0. The molecule has 1 atom stereocenters. The van der Waals surface area contributed by atoms with Gasteiger partial charge in [-0.3, -0.25) is 9.59 Å². The lowest BCUT2D eigenvalue weighted by Gasteiger charge is -2.38. The number of carboxylic acids is 1. The molecule has 1 aliphatic carbocycles. The number of hydrogen-bond acceptors (Lipinski definition) is 4. The Morgan fingerprint density at radius 2 is 1.75 bits per heavy atom. The smallest absolute Gasteiger partial charge is 0.303 e. The van der Waals surface area contributed by atoms with Crippen LogP contribution in [0, 0.1) is 5.92 Å². The molecular formula is C30H42N2O4. The molecule has 1 unspecified atom stereocenters. The molecule has 0 saturated heterocycles. The van der Waals surface area contributed by atoms with Crippen molar-refractivity contribution in [2.75, 3.05) is 23.4 Å². The Labute approximate surface area is 216 Å². The summed E-state index contributed by atoms with van der Waals surface area (Å²) in [4.78, 5) is 27.3. The fourth-order valence-electron chi connectivity index (χ4n) is 5.16. The molecule has 196 valence electrons. The molecular weight excluding hydrogens is 452 g/mol. The van der Waals surface area contributed by atoms with Crippen LogP contribution in [0.2, 0.25) is 0 Å². The minimum Gasteiger partial charge on any atom is -0.494 e. The molecule has 0 spiro atoms. The second-order valence-electron chi connectivity index (χ2n) is 10.2. The third kappa shape index (κ3) is 7.49. The van der Waals surface area contributed by atoms with Gasteiger partial charge in [-0.1, -0.05) is 46.1 Å². The van der Waals surface area contributed by atoms with E-state index in [9.17, 15) is 14.7 Å². The van der Waals surface area contributed by atoms with E-state index in [4.69, 9.17) is 4.74 Å². The second kappa shape index (κ2) is 13.3. The van der Waals surface area contributed by atoms with Gasteiger partial charge in [-0.05, 0) is 80.0 Å². The number of nitrogens with one attached hydrogen (secondary N) is 1. The number of nitrogens with zero attached hydrogens (tertiary/aromatic N) is 1. The molecule has 1 saturated carbocycles. The fraction of sp³-hybridized carbons (Fsp3) is 0.533. The molecule has 36 heavy (non-hydrogen) atoms. The van der Waals surface area contributed by atoms with Gasteiger partial charge in [0.25, 0.3) is 5.91 Å². The first-order valence-electron chi connectivity index (χ1n) is 13.5. The molecule has 1 aliphatic rings. The monoisotopic (exact) mass is 494 g/mol. The van der Waals surface area contributed by atoms with Gasteiger partial charge < -0.3 is 20.1 Å². The zero-order chi connectivity index (χ0) is 26.1. The van der Waals surface area contributed by atoms with Gasteiger partial charge in [0.05, 0.1) is 24.4 Å². The minimum absolute atomic E-state index is 0.0699. The van der Waals surface area contributed by atoms with Crippen molar-refractivity contribution < 1.29 is 19.4 Å². The van der Waals surface area contributed by atoms with E-state index in [1.54, 1.807) is 12.1 Å². The number of benzene rings is 2. The molecule has 1 fully saturated rings. The Morgan fingerprint density at radius 3 is 2.33 bits per heavy atom. The van der Waals surface area contributed by atoms with E-state index in [0.29, 0.717) is 24.1 Å². The van der Waals surface area contributed by atoms with Crippen molar-refractivity contribution in [1.82, 2.24) is 0 Å².